The van der Waals surface area contributed by atoms with E-state index in [9.17, 15) is 58.7 Å². The van der Waals surface area contributed by atoms with Crippen molar-refractivity contribution < 1.29 is 136 Å². The number of rotatable bonds is 10. The minimum atomic E-state index is -5.69. The van der Waals surface area contributed by atoms with Crippen LogP contribution in [0.15, 0.2) is 22.1 Å². The Labute approximate surface area is 274 Å². The van der Waals surface area contributed by atoms with Gasteiger partial charge in [-0.15, -0.1) is 0 Å². The number of aliphatic hydroxyl groups is 4. The summed E-state index contributed by atoms with van der Waals surface area (Å²) in [7, 11) is -11.2. The van der Waals surface area contributed by atoms with Crippen molar-refractivity contribution in [2.45, 2.75) is 62.2 Å². The van der Waals surface area contributed by atoms with Crippen molar-refractivity contribution >= 4 is 21.5 Å². The van der Waals surface area contributed by atoms with E-state index in [1.54, 1.807) is 0 Å². The maximum absolute atomic E-state index is 14.2. The third-order valence-corrected chi connectivity index (χ3v) is 7.99. The van der Waals surface area contributed by atoms with Gasteiger partial charge in [0.15, 0.2) is 18.7 Å². The molecule has 0 aromatic carbocycles. The molecule has 0 aliphatic carbocycles. The van der Waals surface area contributed by atoms with Gasteiger partial charge in [0, 0.05) is 6.20 Å². The van der Waals surface area contributed by atoms with Crippen LogP contribution < -0.4 is 75.0 Å². The Bertz CT molecular complexity index is 1210. The Balaban J connectivity index is 0.00000420. The van der Waals surface area contributed by atoms with E-state index in [1.807, 2.05) is 0 Å². The van der Waals surface area contributed by atoms with Crippen LogP contribution in [0.25, 0.3) is 0 Å². The van der Waals surface area contributed by atoms with E-state index >= 15 is 0 Å². The number of nitrogens with zero attached hydrogens (tertiary/aromatic N) is 3. The molecule has 3 rings (SSSR count). The summed E-state index contributed by atoms with van der Waals surface area (Å²) >= 11 is 0. The van der Waals surface area contributed by atoms with Crippen LogP contribution in [0.5, 0.6) is 5.88 Å². The Morgan fingerprint density at radius 3 is 2.34 bits per heavy atom. The molecule has 19 nitrogen and oxygen atoms in total. The Morgan fingerprint density at radius 1 is 1.15 bits per heavy atom. The summed E-state index contributed by atoms with van der Waals surface area (Å²) in [5, 5.41) is 62.1. The number of phosphoric ester groups is 2. The first-order valence-electron chi connectivity index (χ1n) is 10.8. The summed E-state index contributed by atoms with van der Waals surface area (Å²) in [6.07, 6.45) is -14.4. The largest absolute Gasteiger partial charge is 1.00 e. The van der Waals surface area contributed by atoms with Gasteiger partial charge in [-0.25, -0.2) is 23.3 Å². The van der Waals surface area contributed by atoms with E-state index < -0.39 is 102 Å². The maximum atomic E-state index is 14.2. The van der Waals surface area contributed by atoms with Gasteiger partial charge in [0.05, 0.1) is 13.2 Å². The van der Waals surface area contributed by atoms with Crippen LogP contribution in [0.4, 0.5) is 4.39 Å². The fourth-order valence-corrected chi connectivity index (χ4v) is 5.79. The van der Waals surface area contributed by atoms with Gasteiger partial charge in [0.25, 0.3) is 0 Å². The van der Waals surface area contributed by atoms with Crippen LogP contribution in [0.2, 0.25) is 0 Å². The molecule has 1 aromatic rings. The zero-order valence-electron chi connectivity index (χ0n) is 21.6. The summed E-state index contributed by atoms with van der Waals surface area (Å²) < 4.78 is 62.9. The van der Waals surface area contributed by atoms with Crippen LogP contribution in [-0.2, 0) is 32.0 Å². The molecular formula is C17H24FN3Na2O16P2. The monoisotopic (exact) mass is 653 g/mol. The second kappa shape index (κ2) is 15.9. The molecule has 0 bridgehead atoms. The minimum Gasteiger partial charge on any atom is -0.862 e. The molecule has 2 aliphatic heterocycles. The van der Waals surface area contributed by atoms with Crippen molar-refractivity contribution in [2.75, 3.05) is 13.2 Å². The van der Waals surface area contributed by atoms with Gasteiger partial charge in [0.1, 0.15) is 36.6 Å². The number of hydrogen-bond donors (Lipinski definition) is 6. The molecule has 11 atom stereocenters. The number of aliphatic hydroxyl groups excluding tert-OH is 4. The zero-order valence-corrected chi connectivity index (χ0v) is 27.4. The van der Waals surface area contributed by atoms with E-state index in [1.165, 1.54) is 0 Å². The van der Waals surface area contributed by atoms with Crippen molar-refractivity contribution in [3.8, 4) is 5.88 Å². The summed E-state index contributed by atoms with van der Waals surface area (Å²) in [4.78, 5) is 38.1. The second-order valence-electron chi connectivity index (χ2n) is 8.22. The standard InChI is InChI=1S/C17H26FN3O16P2.2Na/c1-6(23)19-11-13(26)10(18)7(4-22)35-16(11)36-39(31,32)37-38(29,30)33-5-8-12(25)14(27)15(34-8)21-3-2-9(24)20-17(21)28;;/h2-3,7-8,10-16,22,25-27H,4-5H2,1H3,(H,19,23)(H,29,30)(H,31,32)(H,20,24,28);;/q;2*+1/p-2/t7-,8-,10+,11-,12-,13+,14-,15-,16-;;/m1../s1. The topological polar surface area (TPSA) is 295 Å². The van der Waals surface area contributed by atoms with E-state index in [-0.39, 0.29) is 59.1 Å². The van der Waals surface area contributed by atoms with E-state index in [0.717, 1.165) is 19.2 Å². The van der Waals surface area contributed by atoms with Gasteiger partial charge in [0.2, 0.25) is 0 Å². The summed E-state index contributed by atoms with van der Waals surface area (Å²) in [6.45, 7) is -1.21. The van der Waals surface area contributed by atoms with Crippen molar-refractivity contribution in [2.24, 2.45) is 4.99 Å². The Kier molecular flexibility index (Phi) is 15.2. The summed E-state index contributed by atoms with van der Waals surface area (Å²) in [5.41, 5.74) is -1.14. The summed E-state index contributed by atoms with van der Waals surface area (Å²) in [6, 6.07) is -1.08. The maximum Gasteiger partial charge on any atom is 1.00 e. The molecular weight excluding hydrogens is 629 g/mol. The van der Waals surface area contributed by atoms with Crippen LogP contribution in [0.1, 0.15) is 13.2 Å². The van der Waals surface area contributed by atoms with Crippen LogP contribution >= 0.6 is 15.6 Å². The van der Waals surface area contributed by atoms with Crippen molar-refractivity contribution in [1.82, 2.24) is 9.55 Å². The van der Waals surface area contributed by atoms with Gasteiger partial charge in [-0.2, -0.15) is 4.31 Å². The molecule has 2 aliphatic rings. The van der Waals surface area contributed by atoms with E-state index in [2.05, 4.69) is 23.3 Å². The van der Waals surface area contributed by atoms with Crippen molar-refractivity contribution in [1.29, 1.82) is 0 Å². The molecule has 2 saturated heterocycles. The molecule has 0 radical (unpaired) electrons. The molecule has 0 spiro atoms. The van der Waals surface area contributed by atoms with Crippen LogP contribution in [0.3, 0.4) is 0 Å². The SMILES string of the molecule is CC([O-])=N[C@H]1[C@@H](OP(=O)(O)OP(=O)(O)OC[C@H]2O[C@@H](n3ccc([O-])nc3=O)[C@H](O)[C@@H]2O)O[C@H](CO)[C@H](F)[C@@H]1O.[Na+].[Na+]. The number of hydrogen-bond acceptors (Lipinski definition) is 16. The Morgan fingerprint density at radius 2 is 1.78 bits per heavy atom. The molecule has 222 valence electrons. The molecule has 6 N–H and O–H groups in total. The zero-order chi connectivity index (χ0) is 29.3. The average Bonchev–Trinajstić information content (AvgIpc) is 3.10. The predicted octanol–water partition coefficient (Wildman–Crippen LogP) is -10.2. The van der Waals surface area contributed by atoms with Gasteiger partial charge in [-0.3, -0.25) is 18.6 Å². The normalized spacial score (nSPS) is 35.0. The smallest absolute Gasteiger partial charge is 0.862 e. The van der Waals surface area contributed by atoms with Crippen LogP contribution in [-0.4, -0.2) is 108 Å². The third-order valence-electron chi connectivity index (χ3n) is 5.39. The average molecular weight is 653 g/mol. The molecule has 0 amide bonds. The number of aromatic nitrogens is 2. The Hall–Kier alpha value is 0.1000. The number of aliphatic imine (C=N–C) groups is 1. The number of phosphoric acid groups is 2. The van der Waals surface area contributed by atoms with Crippen LogP contribution in [0, 0.1) is 0 Å². The number of ether oxygens (including phenoxy) is 2. The fourth-order valence-electron chi connectivity index (χ4n) is 3.63. The quantitative estimate of drug-likeness (QED) is 0.0591. The van der Waals surface area contributed by atoms with Gasteiger partial charge >= 0.3 is 80.4 Å². The first-order chi connectivity index (χ1) is 18.0. The predicted molar refractivity (Wildman–Crippen MR) is 115 cm³/mol. The fraction of sp³-hybridized carbons (Fsp3) is 0.706. The molecule has 1 aromatic heterocycles. The molecule has 3 heterocycles. The third kappa shape index (κ3) is 10.1. The van der Waals surface area contributed by atoms with Gasteiger partial charge in [-0.05, 0) is 24.8 Å². The molecule has 0 saturated carbocycles. The number of alkyl halides is 1. The van der Waals surface area contributed by atoms with E-state index in [4.69, 9.17) is 9.47 Å². The second-order valence-corrected chi connectivity index (χ2v) is 11.2. The van der Waals surface area contributed by atoms with E-state index in [0.29, 0.717) is 4.57 Å². The minimum absolute atomic E-state index is 0. The first kappa shape index (κ1) is 39.1. The first-order valence-corrected chi connectivity index (χ1v) is 13.8. The van der Waals surface area contributed by atoms with Crippen molar-refractivity contribution in [3.63, 3.8) is 0 Å². The van der Waals surface area contributed by atoms with Gasteiger partial charge in [-0.1, -0.05) is 0 Å². The molecule has 24 heteroatoms. The van der Waals surface area contributed by atoms with Gasteiger partial charge < -0.3 is 49.9 Å². The summed E-state index contributed by atoms with van der Waals surface area (Å²) in [5.74, 6) is -1.86. The number of halogens is 1. The molecule has 41 heavy (non-hydrogen) atoms. The molecule has 2 unspecified atom stereocenters. The van der Waals surface area contributed by atoms with Crippen molar-refractivity contribution in [3.05, 3.63) is 22.7 Å². The molecule has 2 fully saturated rings.